The van der Waals surface area contributed by atoms with Crippen molar-refractivity contribution in [3.8, 4) is 5.75 Å². The number of ether oxygens (including phenoxy) is 1. The Hall–Kier alpha value is -1.06. The molecule has 1 aromatic carbocycles. The highest BCUT2D eigenvalue weighted by Gasteiger charge is 2.11. The maximum atomic E-state index is 9.74. The minimum atomic E-state index is -0.303. The van der Waals surface area contributed by atoms with Gasteiger partial charge in [-0.3, -0.25) is 0 Å². The van der Waals surface area contributed by atoms with Crippen molar-refractivity contribution < 1.29 is 9.84 Å². The zero-order valence-corrected chi connectivity index (χ0v) is 11.1. The summed E-state index contributed by atoms with van der Waals surface area (Å²) in [5.41, 5.74) is 1.17. The third-order valence-corrected chi connectivity index (χ3v) is 3.00. The maximum Gasteiger partial charge on any atom is 0.119 e. The second kappa shape index (κ2) is 6.62. The quantitative estimate of drug-likeness (QED) is 0.798. The standard InChI is InChI=1S/C14H23NO2/c1-10(2)14(16)9-15-11(3)12-6-5-7-13(8-12)17-4/h5-8,10-11,14-16H,9H2,1-4H3. The number of hydrogen-bond donors (Lipinski definition) is 2. The third-order valence-electron chi connectivity index (χ3n) is 3.00. The SMILES string of the molecule is COc1cccc(C(C)NCC(O)C(C)C)c1. The van der Waals surface area contributed by atoms with Gasteiger partial charge in [-0.15, -0.1) is 0 Å². The van der Waals surface area contributed by atoms with Gasteiger partial charge < -0.3 is 15.2 Å². The van der Waals surface area contributed by atoms with Crippen molar-refractivity contribution in [3.05, 3.63) is 29.8 Å². The Bertz CT molecular complexity index is 339. The molecule has 2 unspecified atom stereocenters. The lowest BCUT2D eigenvalue weighted by Crippen LogP contribution is -2.32. The summed E-state index contributed by atoms with van der Waals surface area (Å²) >= 11 is 0. The first kappa shape index (κ1) is 14.0. The molecule has 2 N–H and O–H groups in total. The Morgan fingerprint density at radius 1 is 1.29 bits per heavy atom. The van der Waals surface area contributed by atoms with E-state index in [-0.39, 0.29) is 18.1 Å². The molecule has 0 amide bonds. The number of benzene rings is 1. The number of aliphatic hydroxyl groups is 1. The van der Waals surface area contributed by atoms with E-state index in [0.717, 1.165) is 5.75 Å². The van der Waals surface area contributed by atoms with Crippen molar-refractivity contribution in [2.45, 2.75) is 32.9 Å². The van der Waals surface area contributed by atoms with Crippen molar-refractivity contribution in [2.75, 3.05) is 13.7 Å². The van der Waals surface area contributed by atoms with Gasteiger partial charge in [-0.05, 0) is 30.5 Å². The van der Waals surface area contributed by atoms with E-state index in [1.165, 1.54) is 5.56 Å². The predicted octanol–water partition coefficient (Wildman–Crippen LogP) is 2.36. The molecule has 0 aromatic heterocycles. The van der Waals surface area contributed by atoms with Gasteiger partial charge in [0.05, 0.1) is 13.2 Å². The zero-order valence-electron chi connectivity index (χ0n) is 11.1. The Labute approximate surface area is 104 Å². The van der Waals surface area contributed by atoms with Crippen LogP contribution in [-0.4, -0.2) is 24.9 Å². The zero-order chi connectivity index (χ0) is 12.8. The van der Waals surface area contributed by atoms with Gasteiger partial charge in [-0.2, -0.15) is 0 Å². The average molecular weight is 237 g/mol. The Balaban J connectivity index is 2.54. The van der Waals surface area contributed by atoms with Gasteiger partial charge in [0.15, 0.2) is 0 Å². The molecule has 0 bridgehead atoms. The fourth-order valence-corrected chi connectivity index (χ4v) is 1.56. The van der Waals surface area contributed by atoms with Crippen molar-refractivity contribution in [3.63, 3.8) is 0 Å². The molecule has 0 fully saturated rings. The summed E-state index contributed by atoms with van der Waals surface area (Å²) in [4.78, 5) is 0. The van der Waals surface area contributed by atoms with Crippen LogP contribution in [0.5, 0.6) is 5.75 Å². The molecule has 1 rings (SSSR count). The first-order chi connectivity index (χ1) is 8.04. The summed E-state index contributed by atoms with van der Waals surface area (Å²) in [5.74, 6) is 1.14. The predicted molar refractivity (Wildman–Crippen MR) is 70.3 cm³/mol. The first-order valence-electron chi connectivity index (χ1n) is 6.10. The molecule has 3 nitrogen and oxygen atoms in total. The van der Waals surface area contributed by atoms with E-state index >= 15 is 0 Å². The molecule has 96 valence electrons. The summed E-state index contributed by atoms with van der Waals surface area (Å²) in [5, 5.41) is 13.1. The minimum Gasteiger partial charge on any atom is -0.497 e. The van der Waals surface area contributed by atoms with Gasteiger partial charge in [0.1, 0.15) is 5.75 Å². The van der Waals surface area contributed by atoms with Crippen molar-refractivity contribution in [1.29, 1.82) is 0 Å². The molecule has 0 spiro atoms. The van der Waals surface area contributed by atoms with E-state index in [4.69, 9.17) is 4.74 Å². The number of methoxy groups -OCH3 is 1. The molecule has 0 aliphatic heterocycles. The molecule has 1 aromatic rings. The van der Waals surface area contributed by atoms with Crippen molar-refractivity contribution >= 4 is 0 Å². The third kappa shape index (κ3) is 4.36. The molecular formula is C14H23NO2. The molecular weight excluding hydrogens is 214 g/mol. The van der Waals surface area contributed by atoms with Gasteiger partial charge in [0.2, 0.25) is 0 Å². The monoisotopic (exact) mass is 237 g/mol. The Kier molecular flexibility index (Phi) is 5.45. The van der Waals surface area contributed by atoms with E-state index in [1.54, 1.807) is 7.11 Å². The number of rotatable bonds is 6. The lowest BCUT2D eigenvalue weighted by Gasteiger charge is -2.20. The fourth-order valence-electron chi connectivity index (χ4n) is 1.56. The first-order valence-corrected chi connectivity index (χ1v) is 6.10. The highest BCUT2D eigenvalue weighted by molar-refractivity contribution is 5.30. The summed E-state index contributed by atoms with van der Waals surface area (Å²) in [6, 6.07) is 8.18. The molecule has 0 saturated heterocycles. The topological polar surface area (TPSA) is 41.5 Å². The molecule has 3 heteroatoms. The van der Waals surface area contributed by atoms with Gasteiger partial charge >= 0.3 is 0 Å². The molecule has 0 aliphatic rings. The average Bonchev–Trinajstić information content (AvgIpc) is 2.35. The molecule has 0 heterocycles. The highest BCUT2D eigenvalue weighted by Crippen LogP contribution is 2.18. The molecule has 0 radical (unpaired) electrons. The Morgan fingerprint density at radius 2 is 2.00 bits per heavy atom. The van der Waals surface area contributed by atoms with Crippen molar-refractivity contribution in [2.24, 2.45) is 5.92 Å². The number of aliphatic hydroxyl groups excluding tert-OH is 1. The summed E-state index contributed by atoms with van der Waals surface area (Å²) in [7, 11) is 1.67. The second-order valence-electron chi connectivity index (χ2n) is 4.72. The Morgan fingerprint density at radius 3 is 2.59 bits per heavy atom. The van der Waals surface area contributed by atoms with Gasteiger partial charge in [-0.1, -0.05) is 26.0 Å². The van der Waals surface area contributed by atoms with E-state index in [1.807, 2.05) is 32.0 Å². The fraction of sp³-hybridized carbons (Fsp3) is 0.571. The van der Waals surface area contributed by atoms with Crippen molar-refractivity contribution in [1.82, 2.24) is 5.32 Å². The number of hydrogen-bond acceptors (Lipinski definition) is 3. The molecule has 17 heavy (non-hydrogen) atoms. The lowest BCUT2D eigenvalue weighted by atomic mass is 10.1. The summed E-state index contributed by atoms with van der Waals surface area (Å²) in [6.07, 6.45) is -0.303. The van der Waals surface area contributed by atoms with Crippen LogP contribution in [0, 0.1) is 5.92 Å². The van der Waals surface area contributed by atoms with Gasteiger partial charge in [0.25, 0.3) is 0 Å². The van der Waals surface area contributed by atoms with E-state index < -0.39 is 0 Å². The maximum absolute atomic E-state index is 9.74. The van der Waals surface area contributed by atoms with E-state index in [2.05, 4.69) is 18.3 Å². The van der Waals surface area contributed by atoms with E-state index in [9.17, 15) is 5.11 Å². The minimum absolute atomic E-state index is 0.207. The van der Waals surface area contributed by atoms with Crippen LogP contribution in [0.25, 0.3) is 0 Å². The van der Waals surface area contributed by atoms with Crippen LogP contribution in [0.15, 0.2) is 24.3 Å². The van der Waals surface area contributed by atoms with Gasteiger partial charge in [0, 0.05) is 12.6 Å². The van der Waals surface area contributed by atoms with Gasteiger partial charge in [-0.25, -0.2) is 0 Å². The molecule has 2 atom stereocenters. The molecule has 0 aliphatic carbocycles. The van der Waals surface area contributed by atoms with Crippen LogP contribution < -0.4 is 10.1 Å². The van der Waals surface area contributed by atoms with Crippen LogP contribution >= 0.6 is 0 Å². The molecule has 0 saturated carbocycles. The summed E-state index contributed by atoms with van der Waals surface area (Å²) < 4.78 is 5.19. The lowest BCUT2D eigenvalue weighted by molar-refractivity contribution is 0.120. The highest BCUT2D eigenvalue weighted by atomic mass is 16.5. The largest absolute Gasteiger partial charge is 0.497 e. The van der Waals surface area contributed by atoms with Crippen LogP contribution in [-0.2, 0) is 0 Å². The van der Waals surface area contributed by atoms with Crippen LogP contribution in [0.3, 0.4) is 0 Å². The normalized spacial score (nSPS) is 14.7. The van der Waals surface area contributed by atoms with Crippen LogP contribution in [0.1, 0.15) is 32.4 Å². The smallest absolute Gasteiger partial charge is 0.119 e. The second-order valence-corrected chi connectivity index (χ2v) is 4.72. The van der Waals surface area contributed by atoms with Crippen LogP contribution in [0.2, 0.25) is 0 Å². The van der Waals surface area contributed by atoms with E-state index in [0.29, 0.717) is 6.54 Å². The summed E-state index contributed by atoms with van der Waals surface area (Å²) in [6.45, 7) is 6.73. The number of nitrogens with one attached hydrogen (secondary N) is 1. The van der Waals surface area contributed by atoms with Crippen LogP contribution in [0.4, 0.5) is 0 Å².